The molecule has 0 aliphatic heterocycles. The van der Waals surface area contributed by atoms with E-state index in [0.717, 1.165) is 0 Å². The lowest BCUT2D eigenvalue weighted by atomic mass is 10.3. The number of hydrogen-bond donors (Lipinski definition) is 1. The summed E-state index contributed by atoms with van der Waals surface area (Å²) in [7, 11) is 0. The number of aliphatic hydroxyl groups is 1. The number of amides is 1. The van der Waals surface area contributed by atoms with Gasteiger partial charge in [0.15, 0.2) is 0 Å². The molecule has 1 aromatic heterocycles. The van der Waals surface area contributed by atoms with Gasteiger partial charge in [-0.1, -0.05) is 6.08 Å². The normalized spacial score (nSPS) is 12.1. The summed E-state index contributed by atoms with van der Waals surface area (Å²) >= 11 is 0. The minimum Gasteiger partial charge on any atom is -0.395 e. The molecule has 1 rings (SSSR count). The number of hydrogen-bond acceptors (Lipinski definition) is 4. The van der Waals surface area contributed by atoms with Gasteiger partial charge in [-0.15, -0.1) is 6.58 Å². The molecule has 0 saturated carbocycles. The van der Waals surface area contributed by atoms with E-state index in [4.69, 9.17) is 5.11 Å². The van der Waals surface area contributed by atoms with Crippen molar-refractivity contribution in [1.29, 1.82) is 0 Å². The van der Waals surface area contributed by atoms with Crippen molar-refractivity contribution in [2.45, 2.75) is 13.0 Å². The van der Waals surface area contributed by atoms with Gasteiger partial charge in [0, 0.05) is 13.1 Å². The maximum Gasteiger partial charge on any atom is 0.247 e. The molecule has 1 heterocycles. The third-order valence-electron chi connectivity index (χ3n) is 2.22. The summed E-state index contributed by atoms with van der Waals surface area (Å²) in [4.78, 5) is 17.3. The second kappa shape index (κ2) is 6.02. The van der Waals surface area contributed by atoms with Crippen molar-refractivity contribution >= 4 is 5.91 Å². The number of aliphatic hydroxyl groups excluding tert-OH is 1. The first-order valence-corrected chi connectivity index (χ1v) is 5.05. The Hall–Kier alpha value is -1.69. The third kappa shape index (κ3) is 2.90. The van der Waals surface area contributed by atoms with Crippen LogP contribution in [0.15, 0.2) is 25.3 Å². The molecule has 0 aliphatic rings. The van der Waals surface area contributed by atoms with E-state index in [2.05, 4.69) is 16.7 Å². The van der Waals surface area contributed by atoms with E-state index in [-0.39, 0.29) is 12.5 Å². The first kappa shape index (κ1) is 12.4. The van der Waals surface area contributed by atoms with Crippen molar-refractivity contribution in [2.75, 3.05) is 19.7 Å². The molecular formula is C10H16N4O2. The molecule has 16 heavy (non-hydrogen) atoms. The Labute approximate surface area is 94.2 Å². The van der Waals surface area contributed by atoms with Crippen LogP contribution in [0.1, 0.15) is 13.0 Å². The lowest BCUT2D eigenvalue weighted by Gasteiger charge is -2.23. The number of carbonyl (C=O) groups is 1. The Morgan fingerprint density at radius 2 is 2.50 bits per heavy atom. The Morgan fingerprint density at radius 1 is 1.75 bits per heavy atom. The van der Waals surface area contributed by atoms with Gasteiger partial charge in [0.25, 0.3) is 0 Å². The van der Waals surface area contributed by atoms with Crippen LogP contribution in [0.4, 0.5) is 0 Å². The van der Waals surface area contributed by atoms with E-state index in [1.54, 1.807) is 13.0 Å². The summed E-state index contributed by atoms with van der Waals surface area (Å²) in [5.74, 6) is -0.112. The van der Waals surface area contributed by atoms with Crippen molar-refractivity contribution in [3.05, 3.63) is 25.3 Å². The van der Waals surface area contributed by atoms with Crippen molar-refractivity contribution in [1.82, 2.24) is 19.7 Å². The predicted molar refractivity (Wildman–Crippen MR) is 58.6 cm³/mol. The van der Waals surface area contributed by atoms with Gasteiger partial charge in [0.1, 0.15) is 18.7 Å². The fourth-order valence-electron chi connectivity index (χ4n) is 1.36. The van der Waals surface area contributed by atoms with Crippen molar-refractivity contribution in [2.24, 2.45) is 0 Å². The summed E-state index contributed by atoms with van der Waals surface area (Å²) in [5.41, 5.74) is 0. The number of nitrogens with zero attached hydrogens (tertiary/aromatic N) is 4. The molecule has 1 aromatic rings. The third-order valence-corrected chi connectivity index (χ3v) is 2.22. The molecule has 1 N–H and O–H groups in total. The van der Waals surface area contributed by atoms with Crippen LogP contribution >= 0.6 is 0 Å². The molecule has 0 saturated heterocycles. The van der Waals surface area contributed by atoms with Crippen LogP contribution in [0.25, 0.3) is 0 Å². The highest BCUT2D eigenvalue weighted by atomic mass is 16.3. The molecule has 0 spiro atoms. The van der Waals surface area contributed by atoms with Gasteiger partial charge >= 0.3 is 0 Å². The SMILES string of the molecule is C=CCN(CCO)C(=O)C(C)n1cncn1. The van der Waals surface area contributed by atoms with Crippen LogP contribution in [-0.2, 0) is 4.79 Å². The standard InChI is InChI=1S/C10H16N4O2/c1-3-4-13(5-6-15)10(16)9(2)14-8-11-7-12-14/h3,7-9,15H,1,4-6H2,2H3. The molecule has 6 heteroatoms. The van der Waals surface area contributed by atoms with Gasteiger partial charge in [-0.2, -0.15) is 5.10 Å². The Kier molecular flexibility index (Phi) is 4.65. The van der Waals surface area contributed by atoms with Crippen LogP contribution < -0.4 is 0 Å². The van der Waals surface area contributed by atoms with Gasteiger partial charge in [-0.25, -0.2) is 9.67 Å². The second-order valence-corrected chi connectivity index (χ2v) is 3.35. The van der Waals surface area contributed by atoms with E-state index in [0.29, 0.717) is 13.1 Å². The lowest BCUT2D eigenvalue weighted by molar-refractivity contribution is -0.134. The number of aromatic nitrogens is 3. The Morgan fingerprint density at radius 3 is 3.00 bits per heavy atom. The maximum absolute atomic E-state index is 12.0. The average Bonchev–Trinajstić information content (AvgIpc) is 2.80. The summed E-state index contributed by atoms with van der Waals surface area (Å²) < 4.78 is 1.48. The fraction of sp³-hybridized carbons (Fsp3) is 0.500. The second-order valence-electron chi connectivity index (χ2n) is 3.35. The summed E-state index contributed by atoms with van der Waals surface area (Å²) in [6.07, 6.45) is 4.50. The topological polar surface area (TPSA) is 71.2 Å². The van der Waals surface area contributed by atoms with Gasteiger partial charge < -0.3 is 10.0 Å². The zero-order valence-corrected chi connectivity index (χ0v) is 9.28. The smallest absolute Gasteiger partial charge is 0.247 e. The largest absolute Gasteiger partial charge is 0.395 e. The number of carbonyl (C=O) groups excluding carboxylic acids is 1. The Balaban J connectivity index is 2.70. The zero-order chi connectivity index (χ0) is 12.0. The van der Waals surface area contributed by atoms with E-state index in [1.807, 2.05) is 0 Å². The maximum atomic E-state index is 12.0. The zero-order valence-electron chi connectivity index (χ0n) is 9.28. The van der Waals surface area contributed by atoms with E-state index in [9.17, 15) is 4.79 Å². The summed E-state index contributed by atoms with van der Waals surface area (Å²) in [5, 5.41) is 12.8. The van der Waals surface area contributed by atoms with Gasteiger partial charge in [0.05, 0.1) is 6.61 Å². The molecule has 6 nitrogen and oxygen atoms in total. The molecular weight excluding hydrogens is 208 g/mol. The average molecular weight is 224 g/mol. The molecule has 1 atom stereocenters. The van der Waals surface area contributed by atoms with Gasteiger partial charge in [-0.05, 0) is 6.92 Å². The minimum absolute atomic E-state index is 0.0658. The monoisotopic (exact) mass is 224 g/mol. The van der Waals surface area contributed by atoms with Crippen LogP contribution in [0.3, 0.4) is 0 Å². The van der Waals surface area contributed by atoms with Gasteiger partial charge in [0.2, 0.25) is 5.91 Å². The highest BCUT2D eigenvalue weighted by Gasteiger charge is 2.20. The minimum atomic E-state index is -0.422. The highest BCUT2D eigenvalue weighted by molar-refractivity contribution is 5.80. The molecule has 0 radical (unpaired) electrons. The highest BCUT2D eigenvalue weighted by Crippen LogP contribution is 2.07. The van der Waals surface area contributed by atoms with E-state index >= 15 is 0 Å². The molecule has 88 valence electrons. The number of rotatable bonds is 6. The predicted octanol–water partition coefficient (Wildman–Crippen LogP) is -0.154. The first-order chi connectivity index (χ1) is 7.70. The first-order valence-electron chi connectivity index (χ1n) is 5.05. The quantitative estimate of drug-likeness (QED) is 0.682. The molecule has 0 fully saturated rings. The molecule has 0 bridgehead atoms. The molecule has 0 aromatic carbocycles. The van der Waals surface area contributed by atoms with Crippen LogP contribution in [0, 0.1) is 0 Å². The van der Waals surface area contributed by atoms with E-state index in [1.165, 1.54) is 22.2 Å². The molecule has 1 amide bonds. The van der Waals surface area contributed by atoms with Crippen molar-refractivity contribution < 1.29 is 9.90 Å². The summed E-state index contributed by atoms with van der Waals surface area (Å²) in [6, 6.07) is -0.422. The van der Waals surface area contributed by atoms with Crippen LogP contribution in [0.2, 0.25) is 0 Å². The lowest BCUT2D eigenvalue weighted by Crippen LogP contribution is -2.38. The van der Waals surface area contributed by atoms with Crippen LogP contribution in [-0.4, -0.2) is 50.4 Å². The van der Waals surface area contributed by atoms with Gasteiger partial charge in [-0.3, -0.25) is 4.79 Å². The van der Waals surface area contributed by atoms with Crippen LogP contribution in [0.5, 0.6) is 0 Å². The molecule has 0 aliphatic carbocycles. The Bertz CT molecular complexity index is 337. The van der Waals surface area contributed by atoms with Crippen molar-refractivity contribution in [3.63, 3.8) is 0 Å². The van der Waals surface area contributed by atoms with Crippen molar-refractivity contribution in [3.8, 4) is 0 Å². The summed E-state index contributed by atoms with van der Waals surface area (Å²) in [6.45, 7) is 5.96. The fourth-order valence-corrected chi connectivity index (χ4v) is 1.36. The van der Waals surface area contributed by atoms with E-state index < -0.39 is 6.04 Å². The molecule has 1 unspecified atom stereocenters.